The van der Waals surface area contributed by atoms with E-state index in [0.29, 0.717) is 0 Å². The quantitative estimate of drug-likeness (QED) is 0.242. The number of hydrogen-bond acceptors (Lipinski definition) is 1. The van der Waals surface area contributed by atoms with Crippen molar-refractivity contribution in [2.75, 3.05) is 0 Å². The summed E-state index contributed by atoms with van der Waals surface area (Å²) in [7, 11) is -0.0992. The van der Waals surface area contributed by atoms with Crippen LogP contribution in [0.2, 0.25) is 18.1 Å². The second-order valence-electron chi connectivity index (χ2n) is 8.89. The van der Waals surface area contributed by atoms with Gasteiger partial charge in [0, 0.05) is 8.80 Å². The van der Waals surface area contributed by atoms with Gasteiger partial charge < -0.3 is 4.74 Å². The third kappa shape index (κ3) is 6.73. The number of ether oxygens (including phenoxy) is 1. The Labute approximate surface area is 173 Å². The van der Waals surface area contributed by atoms with Gasteiger partial charge in [-0.2, -0.15) is 0 Å². The van der Waals surface area contributed by atoms with Gasteiger partial charge in [-0.15, -0.1) is 13.2 Å². The highest BCUT2D eigenvalue weighted by Gasteiger charge is 2.34. The third-order valence-corrected chi connectivity index (χ3v) is 10.0. The van der Waals surface area contributed by atoms with Crippen molar-refractivity contribution in [1.82, 2.24) is 0 Å². The van der Waals surface area contributed by atoms with Crippen LogP contribution in [0.1, 0.15) is 76.2 Å². The van der Waals surface area contributed by atoms with E-state index in [4.69, 9.17) is 0 Å². The van der Waals surface area contributed by atoms with Crippen LogP contribution in [0.15, 0.2) is 18.2 Å². The maximum Gasteiger partial charge on any atom is 0.573 e. The summed E-state index contributed by atoms with van der Waals surface area (Å²) >= 11 is 0. The van der Waals surface area contributed by atoms with Gasteiger partial charge in [0.2, 0.25) is 0 Å². The van der Waals surface area contributed by atoms with Crippen LogP contribution in [-0.4, -0.2) is 15.2 Å². The molecule has 1 radical (unpaired) electrons. The Morgan fingerprint density at radius 3 is 2.21 bits per heavy atom. The van der Waals surface area contributed by atoms with E-state index in [1.807, 2.05) is 0 Å². The molecule has 1 aromatic rings. The van der Waals surface area contributed by atoms with Crippen LogP contribution in [0, 0.1) is 17.7 Å². The van der Waals surface area contributed by atoms with Gasteiger partial charge in [-0.25, -0.2) is 4.39 Å². The van der Waals surface area contributed by atoms with Gasteiger partial charge in [0.15, 0.2) is 11.6 Å². The molecule has 3 rings (SSSR count). The Balaban J connectivity index is 1.45. The van der Waals surface area contributed by atoms with E-state index >= 15 is 0 Å². The fourth-order valence-corrected chi connectivity index (χ4v) is 8.36. The highest BCUT2D eigenvalue weighted by Crippen LogP contribution is 2.44. The number of unbranched alkanes of at least 4 members (excludes halogenated alkanes) is 2. The molecule has 0 spiro atoms. The summed E-state index contributed by atoms with van der Waals surface area (Å²) in [5.41, 5.74) is 0.806. The average molecular weight is 430 g/mol. The van der Waals surface area contributed by atoms with E-state index in [9.17, 15) is 17.6 Å². The number of alkyl halides is 3. The van der Waals surface area contributed by atoms with Gasteiger partial charge in [0.05, 0.1) is 0 Å². The monoisotopic (exact) mass is 429 g/mol. The molecule has 1 aliphatic heterocycles. The predicted octanol–water partition coefficient (Wildman–Crippen LogP) is 8.09. The maximum atomic E-state index is 14.0. The first-order chi connectivity index (χ1) is 13.9. The van der Waals surface area contributed by atoms with Crippen molar-refractivity contribution in [2.24, 2.45) is 11.8 Å². The molecule has 0 atom stereocenters. The van der Waals surface area contributed by atoms with E-state index < -0.39 is 17.9 Å². The summed E-state index contributed by atoms with van der Waals surface area (Å²) in [6.45, 7) is 2.27. The molecule has 0 N–H and O–H groups in total. The Morgan fingerprint density at radius 2 is 1.62 bits per heavy atom. The third-order valence-electron chi connectivity index (χ3n) is 6.96. The van der Waals surface area contributed by atoms with Crippen LogP contribution < -0.4 is 4.74 Å². The average Bonchev–Trinajstić information content (AvgIpc) is 2.69. The summed E-state index contributed by atoms with van der Waals surface area (Å²) in [5.74, 6) is 0.219. The SMILES string of the molecule is CCCCC[Si]1CCC(C2CCC(c3ccc(OC(F)(F)F)c(F)c3)CC2)CC1. The van der Waals surface area contributed by atoms with E-state index in [1.165, 1.54) is 56.3 Å². The molecule has 0 unspecified atom stereocenters. The van der Waals surface area contributed by atoms with E-state index in [1.54, 1.807) is 6.07 Å². The molecule has 0 aromatic heterocycles. The Kier molecular flexibility index (Phi) is 8.05. The molecule has 1 nitrogen and oxygen atoms in total. The summed E-state index contributed by atoms with van der Waals surface area (Å²) in [6.07, 6.45) is 6.38. The van der Waals surface area contributed by atoms with Crippen LogP contribution in [0.25, 0.3) is 0 Å². The van der Waals surface area contributed by atoms with Gasteiger partial charge in [-0.05, 0) is 61.1 Å². The van der Waals surface area contributed by atoms with Gasteiger partial charge in [-0.3, -0.25) is 0 Å². The van der Waals surface area contributed by atoms with Gasteiger partial charge >= 0.3 is 6.36 Å². The first-order valence-electron chi connectivity index (χ1n) is 11.2. The van der Waals surface area contributed by atoms with E-state index in [-0.39, 0.29) is 14.7 Å². The molecule has 1 heterocycles. The second kappa shape index (κ2) is 10.3. The highest BCUT2D eigenvalue weighted by atomic mass is 28.3. The van der Waals surface area contributed by atoms with Crippen molar-refractivity contribution >= 4 is 8.80 Å². The normalized spacial score (nSPS) is 24.6. The first-order valence-corrected chi connectivity index (χ1v) is 13.4. The predicted molar refractivity (Wildman–Crippen MR) is 110 cm³/mol. The molecular formula is C23H33F4OSi. The molecule has 1 aliphatic carbocycles. The molecule has 1 saturated heterocycles. The summed E-state index contributed by atoms with van der Waals surface area (Å²) < 4.78 is 54.7. The molecule has 6 heteroatoms. The zero-order valence-corrected chi connectivity index (χ0v) is 18.4. The lowest BCUT2D eigenvalue weighted by Gasteiger charge is -2.37. The van der Waals surface area contributed by atoms with Crippen molar-refractivity contribution in [3.05, 3.63) is 29.6 Å². The number of hydrogen-bond donors (Lipinski definition) is 0. The molecular weight excluding hydrogens is 396 g/mol. The van der Waals surface area contributed by atoms with Crippen LogP contribution in [0.5, 0.6) is 5.75 Å². The zero-order chi connectivity index (χ0) is 20.9. The minimum absolute atomic E-state index is 0.0992. The van der Waals surface area contributed by atoms with Crippen LogP contribution in [-0.2, 0) is 0 Å². The lowest BCUT2D eigenvalue weighted by atomic mass is 9.72. The number of rotatable bonds is 7. The number of benzene rings is 1. The fraction of sp³-hybridized carbons (Fsp3) is 0.739. The summed E-state index contributed by atoms with van der Waals surface area (Å²) in [6, 6.07) is 8.40. The summed E-state index contributed by atoms with van der Waals surface area (Å²) in [5, 5.41) is 0. The van der Waals surface area contributed by atoms with Gasteiger partial charge in [0.1, 0.15) is 0 Å². The lowest BCUT2D eigenvalue weighted by molar-refractivity contribution is -0.275. The minimum atomic E-state index is -4.86. The van der Waals surface area contributed by atoms with Crippen molar-refractivity contribution in [2.45, 2.75) is 95.1 Å². The van der Waals surface area contributed by atoms with Gasteiger partial charge in [0.25, 0.3) is 0 Å². The fourth-order valence-electron chi connectivity index (χ4n) is 5.30. The van der Waals surface area contributed by atoms with Crippen molar-refractivity contribution in [1.29, 1.82) is 0 Å². The number of halogens is 4. The van der Waals surface area contributed by atoms with E-state index in [2.05, 4.69) is 11.7 Å². The van der Waals surface area contributed by atoms with Crippen molar-refractivity contribution in [3.8, 4) is 5.75 Å². The molecule has 1 saturated carbocycles. The standard InChI is InChI=1S/C23H33F4OSi/c1-2-3-4-13-29-14-11-19(12-15-29)17-5-7-18(8-6-17)20-9-10-22(21(24)16-20)28-23(25,26)27/h9-10,16-19H,2-8,11-15H2,1H3. The van der Waals surface area contributed by atoms with Crippen LogP contribution in [0.3, 0.4) is 0 Å². The molecule has 1 aromatic carbocycles. The van der Waals surface area contributed by atoms with Crippen LogP contribution >= 0.6 is 0 Å². The summed E-state index contributed by atoms with van der Waals surface area (Å²) in [4.78, 5) is 0. The second-order valence-corrected chi connectivity index (χ2v) is 11.9. The Morgan fingerprint density at radius 1 is 0.966 bits per heavy atom. The molecule has 0 amide bonds. The van der Waals surface area contributed by atoms with Crippen molar-refractivity contribution in [3.63, 3.8) is 0 Å². The zero-order valence-electron chi connectivity index (χ0n) is 17.4. The highest BCUT2D eigenvalue weighted by molar-refractivity contribution is 6.58. The largest absolute Gasteiger partial charge is 0.573 e. The molecule has 2 aliphatic rings. The molecule has 29 heavy (non-hydrogen) atoms. The van der Waals surface area contributed by atoms with Crippen molar-refractivity contribution < 1.29 is 22.3 Å². The Hall–Kier alpha value is -1.04. The first kappa shape index (κ1) is 22.6. The molecule has 2 fully saturated rings. The molecule has 163 valence electrons. The van der Waals surface area contributed by atoms with Gasteiger partial charge in [-0.1, -0.05) is 63.2 Å². The smallest absolute Gasteiger partial charge is 0.403 e. The topological polar surface area (TPSA) is 9.23 Å². The Bertz CT molecular complexity index is 632. The maximum absolute atomic E-state index is 14.0. The molecule has 0 bridgehead atoms. The lowest BCUT2D eigenvalue weighted by Crippen LogP contribution is -2.28. The van der Waals surface area contributed by atoms with Crippen LogP contribution in [0.4, 0.5) is 17.6 Å². The van der Waals surface area contributed by atoms with E-state index in [0.717, 1.165) is 49.1 Å². The minimum Gasteiger partial charge on any atom is -0.403 e.